The van der Waals surface area contributed by atoms with Crippen LogP contribution < -0.4 is 10.6 Å². The Hall–Kier alpha value is -1.95. The number of hydrogen-bond donors (Lipinski definition) is 2. The normalized spacial score (nSPS) is 13.6. The molecule has 0 fully saturated rings. The summed E-state index contributed by atoms with van der Waals surface area (Å²) in [6, 6.07) is 6.02. The molecule has 1 unspecified atom stereocenters. The van der Waals surface area contributed by atoms with Crippen molar-refractivity contribution in [2.75, 3.05) is 13.7 Å². The van der Waals surface area contributed by atoms with E-state index in [1.807, 2.05) is 0 Å². The highest BCUT2D eigenvalue weighted by molar-refractivity contribution is 6.35. The molecule has 1 aromatic carbocycles. The summed E-state index contributed by atoms with van der Waals surface area (Å²) in [5.41, 5.74) is -0.740. The predicted molar refractivity (Wildman–Crippen MR) is 77.0 cm³/mol. The Balaban J connectivity index is 2.77. The van der Waals surface area contributed by atoms with Crippen LogP contribution >= 0.6 is 0 Å². The van der Waals surface area contributed by atoms with E-state index in [0.717, 1.165) is 0 Å². The number of halogens is 1. The molecule has 2 N–H and O–H groups in total. The largest absolute Gasteiger partial charge is 0.372 e. The quantitative estimate of drug-likeness (QED) is 0.806. The van der Waals surface area contributed by atoms with Crippen molar-refractivity contribution in [3.63, 3.8) is 0 Å². The Kier molecular flexibility index (Phi) is 5.84. The van der Waals surface area contributed by atoms with E-state index in [9.17, 15) is 14.0 Å². The van der Waals surface area contributed by atoms with Gasteiger partial charge in [-0.2, -0.15) is 0 Å². The van der Waals surface area contributed by atoms with Crippen LogP contribution in [0.1, 0.15) is 26.3 Å². The van der Waals surface area contributed by atoms with E-state index >= 15 is 0 Å². The molecule has 0 spiro atoms. The van der Waals surface area contributed by atoms with Gasteiger partial charge in [-0.1, -0.05) is 18.2 Å². The molecule has 0 aromatic heterocycles. The molecule has 21 heavy (non-hydrogen) atoms. The Bertz CT molecular complexity index is 519. The van der Waals surface area contributed by atoms with Crippen LogP contribution in [0, 0.1) is 5.82 Å². The lowest BCUT2D eigenvalue weighted by molar-refractivity contribution is -0.140. The molecular weight excluding hydrogens is 275 g/mol. The molecule has 2 amide bonds. The Morgan fingerprint density at radius 2 is 1.90 bits per heavy atom. The number of carbonyl (C=O) groups is 2. The summed E-state index contributed by atoms with van der Waals surface area (Å²) in [6.07, 6.45) is 0. The minimum Gasteiger partial charge on any atom is -0.372 e. The first-order valence-electron chi connectivity index (χ1n) is 6.69. The van der Waals surface area contributed by atoms with E-state index in [2.05, 4.69) is 10.6 Å². The van der Waals surface area contributed by atoms with Gasteiger partial charge in [-0.25, -0.2) is 4.39 Å². The number of nitrogens with one attached hydrogen (secondary N) is 2. The molecule has 0 saturated carbocycles. The minimum absolute atomic E-state index is 0.0191. The molecule has 0 bridgehead atoms. The molecule has 0 aliphatic rings. The highest BCUT2D eigenvalue weighted by atomic mass is 19.1. The number of methoxy groups -OCH3 is 1. The molecule has 0 aliphatic carbocycles. The Morgan fingerprint density at radius 1 is 1.29 bits per heavy atom. The van der Waals surface area contributed by atoms with Gasteiger partial charge in [0.05, 0.1) is 6.54 Å². The molecule has 1 atom stereocenters. The average molecular weight is 296 g/mol. The zero-order valence-corrected chi connectivity index (χ0v) is 12.7. The van der Waals surface area contributed by atoms with Crippen molar-refractivity contribution in [3.05, 3.63) is 35.6 Å². The molecule has 0 saturated heterocycles. The van der Waals surface area contributed by atoms with E-state index in [-0.39, 0.29) is 12.6 Å². The van der Waals surface area contributed by atoms with Gasteiger partial charge >= 0.3 is 11.8 Å². The summed E-state index contributed by atoms with van der Waals surface area (Å²) in [5.74, 6) is -1.93. The summed E-state index contributed by atoms with van der Waals surface area (Å²) in [4.78, 5) is 23.2. The first-order chi connectivity index (χ1) is 9.80. The van der Waals surface area contributed by atoms with Gasteiger partial charge in [0.25, 0.3) is 0 Å². The average Bonchev–Trinajstić information content (AvgIpc) is 2.44. The van der Waals surface area contributed by atoms with Crippen molar-refractivity contribution < 1.29 is 18.7 Å². The SMILES string of the molecule is COC(C)(CNC(=O)C(=O)NC(C)C)c1ccccc1F. The van der Waals surface area contributed by atoms with Crippen LogP contribution in [0.3, 0.4) is 0 Å². The molecule has 0 heterocycles. The maximum atomic E-state index is 13.9. The van der Waals surface area contributed by atoms with E-state index in [1.165, 1.54) is 13.2 Å². The van der Waals surface area contributed by atoms with Gasteiger partial charge in [0, 0.05) is 18.7 Å². The lowest BCUT2D eigenvalue weighted by Gasteiger charge is -2.29. The summed E-state index contributed by atoms with van der Waals surface area (Å²) in [5, 5.41) is 4.94. The van der Waals surface area contributed by atoms with Crippen LogP contribution in [0.15, 0.2) is 24.3 Å². The van der Waals surface area contributed by atoms with Gasteiger partial charge in [0.2, 0.25) is 0 Å². The molecule has 6 heteroatoms. The second-order valence-electron chi connectivity index (χ2n) is 5.23. The molecular formula is C15H21FN2O3. The van der Waals surface area contributed by atoms with Gasteiger partial charge in [-0.3, -0.25) is 9.59 Å². The van der Waals surface area contributed by atoms with Crippen LogP contribution in [0.25, 0.3) is 0 Å². The van der Waals surface area contributed by atoms with E-state index < -0.39 is 23.2 Å². The topological polar surface area (TPSA) is 67.4 Å². The fraction of sp³-hybridized carbons (Fsp3) is 0.467. The third kappa shape index (κ3) is 4.53. The standard InChI is InChI=1S/C15H21FN2O3/c1-10(2)18-14(20)13(19)17-9-15(3,21-4)11-7-5-6-8-12(11)16/h5-8,10H,9H2,1-4H3,(H,17,19)(H,18,20). The van der Waals surface area contributed by atoms with Crippen LogP contribution in [0.2, 0.25) is 0 Å². The van der Waals surface area contributed by atoms with Gasteiger partial charge < -0.3 is 15.4 Å². The third-order valence-electron chi connectivity index (χ3n) is 3.11. The summed E-state index contributed by atoms with van der Waals surface area (Å²) >= 11 is 0. The number of benzene rings is 1. The first-order valence-corrected chi connectivity index (χ1v) is 6.69. The van der Waals surface area contributed by atoms with Crippen molar-refractivity contribution in [1.29, 1.82) is 0 Å². The van der Waals surface area contributed by atoms with Crippen LogP contribution in [-0.2, 0) is 19.9 Å². The Labute approximate surface area is 123 Å². The number of ether oxygens (including phenoxy) is 1. The predicted octanol–water partition coefficient (Wildman–Crippen LogP) is 1.33. The second kappa shape index (κ2) is 7.17. The summed E-state index contributed by atoms with van der Waals surface area (Å²) in [6.45, 7) is 5.13. The number of carbonyl (C=O) groups excluding carboxylic acids is 2. The lowest BCUT2D eigenvalue weighted by atomic mass is 9.95. The fourth-order valence-corrected chi connectivity index (χ4v) is 1.82. The van der Waals surface area contributed by atoms with E-state index in [4.69, 9.17) is 4.74 Å². The smallest absolute Gasteiger partial charge is 0.309 e. The van der Waals surface area contributed by atoms with Crippen molar-refractivity contribution in [2.45, 2.75) is 32.4 Å². The molecule has 1 aromatic rings. The molecule has 0 radical (unpaired) electrons. The second-order valence-corrected chi connectivity index (χ2v) is 5.23. The maximum Gasteiger partial charge on any atom is 0.309 e. The first kappa shape index (κ1) is 17.1. The monoisotopic (exact) mass is 296 g/mol. The third-order valence-corrected chi connectivity index (χ3v) is 3.11. The summed E-state index contributed by atoms with van der Waals surface area (Å²) in [7, 11) is 1.42. The minimum atomic E-state index is -1.06. The van der Waals surface area contributed by atoms with Crippen LogP contribution in [0.4, 0.5) is 4.39 Å². The zero-order chi connectivity index (χ0) is 16.0. The van der Waals surface area contributed by atoms with E-state index in [0.29, 0.717) is 5.56 Å². The van der Waals surface area contributed by atoms with Crippen molar-refractivity contribution >= 4 is 11.8 Å². The van der Waals surface area contributed by atoms with Gasteiger partial charge in [-0.05, 0) is 26.8 Å². The van der Waals surface area contributed by atoms with Crippen LogP contribution in [0.5, 0.6) is 0 Å². The lowest BCUT2D eigenvalue weighted by Crippen LogP contribution is -2.47. The number of hydrogen-bond acceptors (Lipinski definition) is 3. The molecule has 116 valence electrons. The molecule has 5 nitrogen and oxygen atoms in total. The van der Waals surface area contributed by atoms with Crippen molar-refractivity contribution in [3.8, 4) is 0 Å². The highest BCUT2D eigenvalue weighted by Gasteiger charge is 2.30. The van der Waals surface area contributed by atoms with Crippen molar-refractivity contribution in [1.82, 2.24) is 10.6 Å². The molecule has 0 aliphatic heterocycles. The summed E-state index contributed by atoms with van der Waals surface area (Å²) < 4.78 is 19.2. The van der Waals surface area contributed by atoms with Crippen molar-refractivity contribution in [2.24, 2.45) is 0 Å². The van der Waals surface area contributed by atoms with Gasteiger partial charge in [-0.15, -0.1) is 0 Å². The maximum absolute atomic E-state index is 13.9. The van der Waals surface area contributed by atoms with Gasteiger partial charge in [0.15, 0.2) is 0 Å². The van der Waals surface area contributed by atoms with Gasteiger partial charge in [0.1, 0.15) is 11.4 Å². The Morgan fingerprint density at radius 3 is 2.43 bits per heavy atom. The van der Waals surface area contributed by atoms with E-state index in [1.54, 1.807) is 39.0 Å². The number of amides is 2. The fourth-order valence-electron chi connectivity index (χ4n) is 1.82. The van der Waals surface area contributed by atoms with Crippen LogP contribution in [-0.4, -0.2) is 31.5 Å². The zero-order valence-electron chi connectivity index (χ0n) is 12.7. The highest BCUT2D eigenvalue weighted by Crippen LogP contribution is 2.26. The number of rotatable bonds is 5. The molecule has 1 rings (SSSR count).